The minimum Gasteiger partial charge on any atom is -0.381 e. The minimum absolute atomic E-state index is 0.601. The van der Waals surface area contributed by atoms with Gasteiger partial charge in [0.05, 0.1) is 0 Å². The molecule has 2 rings (SSSR count). The molecular formula is C14H22BrNOS. The first-order valence-corrected chi connectivity index (χ1v) is 8.51. The molecule has 1 saturated heterocycles. The summed E-state index contributed by atoms with van der Waals surface area (Å²) < 4.78 is 6.75. The van der Waals surface area contributed by atoms with Gasteiger partial charge in [-0.3, -0.25) is 0 Å². The first-order valence-electron chi connectivity index (χ1n) is 6.84. The fourth-order valence-electron chi connectivity index (χ4n) is 2.52. The molecule has 0 bridgehead atoms. The van der Waals surface area contributed by atoms with Crippen LogP contribution in [-0.2, 0) is 11.2 Å². The number of ether oxygens (including phenoxy) is 1. The van der Waals surface area contributed by atoms with Crippen molar-refractivity contribution in [1.29, 1.82) is 0 Å². The Balaban J connectivity index is 1.97. The van der Waals surface area contributed by atoms with Gasteiger partial charge >= 0.3 is 0 Å². The average molecular weight is 332 g/mol. The van der Waals surface area contributed by atoms with Crippen molar-refractivity contribution in [2.24, 2.45) is 5.92 Å². The van der Waals surface area contributed by atoms with Crippen molar-refractivity contribution in [3.05, 3.63) is 20.8 Å². The highest BCUT2D eigenvalue weighted by Crippen LogP contribution is 2.28. The van der Waals surface area contributed by atoms with Gasteiger partial charge in [0.1, 0.15) is 0 Å². The molecule has 2 heterocycles. The van der Waals surface area contributed by atoms with Crippen LogP contribution in [0.5, 0.6) is 0 Å². The van der Waals surface area contributed by atoms with E-state index in [1.54, 1.807) is 0 Å². The first-order chi connectivity index (χ1) is 8.81. The van der Waals surface area contributed by atoms with Crippen LogP contribution in [0.4, 0.5) is 0 Å². The predicted molar refractivity (Wildman–Crippen MR) is 81.3 cm³/mol. The van der Waals surface area contributed by atoms with Crippen molar-refractivity contribution >= 4 is 27.3 Å². The highest BCUT2D eigenvalue weighted by Gasteiger charge is 2.24. The zero-order valence-corrected chi connectivity index (χ0v) is 13.4. The second kappa shape index (κ2) is 7.63. The summed E-state index contributed by atoms with van der Waals surface area (Å²) in [5.74, 6) is 0.763. The number of nitrogens with one attached hydrogen (secondary N) is 1. The standard InChI is InChI=1S/C14H22BrNOS/c1-2-6-16-13(11-3-7-17-8-4-11)10-14-12(15)5-9-18-14/h5,9,11,13,16H,2-4,6-8,10H2,1H3. The van der Waals surface area contributed by atoms with Gasteiger partial charge in [0.25, 0.3) is 0 Å². The monoisotopic (exact) mass is 331 g/mol. The normalized spacial score (nSPS) is 19.0. The first kappa shape index (κ1) is 14.5. The van der Waals surface area contributed by atoms with E-state index in [4.69, 9.17) is 4.74 Å². The third-order valence-electron chi connectivity index (χ3n) is 3.59. The minimum atomic E-state index is 0.601. The van der Waals surface area contributed by atoms with E-state index in [0.29, 0.717) is 6.04 Å². The van der Waals surface area contributed by atoms with Crippen LogP contribution < -0.4 is 5.32 Å². The van der Waals surface area contributed by atoms with Crippen LogP contribution in [0.25, 0.3) is 0 Å². The molecule has 1 aliphatic heterocycles. The van der Waals surface area contributed by atoms with E-state index in [2.05, 4.69) is 39.6 Å². The van der Waals surface area contributed by atoms with Gasteiger partial charge in [-0.25, -0.2) is 0 Å². The SMILES string of the molecule is CCCNC(Cc1sccc1Br)C1CCOCC1. The van der Waals surface area contributed by atoms with Crippen LogP contribution in [0.1, 0.15) is 31.1 Å². The van der Waals surface area contributed by atoms with Crippen LogP contribution in [0.3, 0.4) is 0 Å². The molecule has 2 nitrogen and oxygen atoms in total. The highest BCUT2D eigenvalue weighted by molar-refractivity contribution is 9.10. The average Bonchev–Trinajstić information content (AvgIpc) is 2.81. The van der Waals surface area contributed by atoms with E-state index >= 15 is 0 Å². The molecule has 0 amide bonds. The smallest absolute Gasteiger partial charge is 0.0469 e. The highest BCUT2D eigenvalue weighted by atomic mass is 79.9. The van der Waals surface area contributed by atoms with Crippen molar-refractivity contribution in [2.75, 3.05) is 19.8 Å². The Bertz CT molecular complexity index is 349. The molecule has 18 heavy (non-hydrogen) atoms. The van der Waals surface area contributed by atoms with Gasteiger partial charge in [-0.15, -0.1) is 11.3 Å². The van der Waals surface area contributed by atoms with E-state index in [-0.39, 0.29) is 0 Å². The van der Waals surface area contributed by atoms with E-state index in [1.807, 2.05) is 11.3 Å². The Morgan fingerprint density at radius 3 is 2.89 bits per heavy atom. The summed E-state index contributed by atoms with van der Waals surface area (Å²) in [5, 5.41) is 5.90. The lowest BCUT2D eigenvalue weighted by atomic mass is 9.89. The lowest BCUT2D eigenvalue weighted by Crippen LogP contribution is -2.40. The predicted octanol–water partition coefficient (Wildman–Crippen LogP) is 3.85. The number of halogens is 1. The maximum Gasteiger partial charge on any atom is 0.0469 e. The zero-order chi connectivity index (χ0) is 12.8. The van der Waals surface area contributed by atoms with E-state index in [0.717, 1.165) is 32.1 Å². The molecule has 1 aromatic rings. The van der Waals surface area contributed by atoms with Crippen LogP contribution in [0.2, 0.25) is 0 Å². The molecule has 1 aromatic heterocycles. The summed E-state index contributed by atoms with van der Waals surface area (Å²) in [6.07, 6.45) is 4.74. The largest absolute Gasteiger partial charge is 0.381 e. The molecule has 0 aromatic carbocycles. The summed E-state index contributed by atoms with van der Waals surface area (Å²) in [6.45, 7) is 5.21. The van der Waals surface area contributed by atoms with Gasteiger partial charge in [-0.05, 0) is 65.5 Å². The number of rotatable bonds is 6. The quantitative estimate of drug-likeness (QED) is 0.854. The Hall–Kier alpha value is 0.1000. The third-order valence-corrected chi connectivity index (χ3v) is 5.54. The number of hydrogen-bond acceptors (Lipinski definition) is 3. The third kappa shape index (κ3) is 4.05. The molecule has 1 fully saturated rings. The van der Waals surface area contributed by atoms with Crippen molar-refractivity contribution in [3.8, 4) is 0 Å². The van der Waals surface area contributed by atoms with Crippen LogP contribution in [0, 0.1) is 5.92 Å². The maximum absolute atomic E-state index is 5.48. The summed E-state index contributed by atoms with van der Waals surface area (Å²) in [6, 6.07) is 2.75. The van der Waals surface area contributed by atoms with Crippen molar-refractivity contribution in [1.82, 2.24) is 5.32 Å². The van der Waals surface area contributed by atoms with Gasteiger partial charge in [0.2, 0.25) is 0 Å². The second-order valence-corrected chi connectivity index (χ2v) is 6.76. The van der Waals surface area contributed by atoms with Crippen molar-refractivity contribution in [2.45, 2.75) is 38.6 Å². The summed E-state index contributed by atoms with van der Waals surface area (Å²) in [4.78, 5) is 1.47. The Kier molecular flexibility index (Phi) is 6.15. The number of hydrogen-bond donors (Lipinski definition) is 1. The fraction of sp³-hybridized carbons (Fsp3) is 0.714. The summed E-state index contributed by atoms with van der Waals surface area (Å²) in [7, 11) is 0. The molecule has 0 spiro atoms. The summed E-state index contributed by atoms with van der Waals surface area (Å²) in [5.41, 5.74) is 0. The molecule has 4 heteroatoms. The zero-order valence-electron chi connectivity index (χ0n) is 11.0. The van der Waals surface area contributed by atoms with E-state index in [9.17, 15) is 0 Å². The molecular weight excluding hydrogens is 310 g/mol. The second-order valence-electron chi connectivity index (χ2n) is 4.91. The van der Waals surface area contributed by atoms with Gasteiger partial charge in [0.15, 0.2) is 0 Å². The van der Waals surface area contributed by atoms with Gasteiger partial charge in [-0.1, -0.05) is 6.92 Å². The Labute approximate surface area is 122 Å². The molecule has 1 unspecified atom stereocenters. The molecule has 1 N–H and O–H groups in total. The Morgan fingerprint density at radius 1 is 1.50 bits per heavy atom. The van der Waals surface area contributed by atoms with Crippen LogP contribution in [-0.4, -0.2) is 25.8 Å². The molecule has 1 aliphatic rings. The van der Waals surface area contributed by atoms with Crippen LogP contribution in [0.15, 0.2) is 15.9 Å². The lowest BCUT2D eigenvalue weighted by molar-refractivity contribution is 0.0538. The van der Waals surface area contributed by atoms with E-state index in [1.165, 1.54) is 28.6 Å². The number of thiophene rings is 1. The van der Waals surface area contributed by atoms with Gasteiger partial charge in [0, 0.05) is 28.6 Å². The van der Waals surface area contributed by atoms with Gasteiger partial charge in [-0.2, -0.15) is 0 Å². The van der Waals surface area contributed by atoms with E-state index < -0.39 is 0 Å². The lowest BCUT2D eigenvalue weighted by Gasteiger charge is -2.31. The topological polar surface area (TPSA) is 21.3 Å². The molecule has 0 saturated carbocycles. The summed E-state index contributed by atoms with van der Waals surface area (Å²) >= 11 is 5.50. The van der Waals surface area contributed by atoms with Crippen molar-refractivity contribution < 1.29 is 4.74 Å². The molecule has 102 valence electrons. The molecule has 0 aliphatic carbocycles. The van der Waals surface area contributed by atoms with Gasteiger partial charge < -0.3 is 10.1 Å². The molecule has 0 radical (unpaired) electrons. The fourth-order valence-corrected chi connectivity index (χ4v) is 4.10. The Morgan fingerprint density at radius 2 is 2.28 bits per heavy atom. The molecule has 1 atom stereocenters. The maximum atomic E-state index is 5.48. The van der Waals surface area contributed by atoms with Crippen molar-refractivity contribution in [3.63, 3.8) is 0 Å². The van der Waals surface area contributed by atoms with Crippen LogP contribution >= 0.6 is 27.3 Å².